The van der Waals surface area contributed by atoms with Gasteiger partial charge in [-0.1, -0.05) is 0 Å². The minimum absolute atomic E-state index is 0. The number of aryl methyl sites for hydroxylation is 3. The number of hydrogen-bond acceptors (Lipinski definition) is 3. The lowest BCUT2D eigenvalue weighted by Gasteiger charge is -2.10. The standard InChI is InChI=1S/C11H14F3N5.ClH/c1-7-4-9(17-18(7)2)15-5-8-6-16-19(3)10(8)11(12,13)14;/h4,6H,5H2,1-3H3,(H,15,17);1H. The van der Waals surface area contributed by atoms with Crippen LogP contribution in [-0.4, -0.2) is 19.6 Å². The van der Waals surface area contributed by atoms with Gasteiger partial charge < -0.3 is 5.32 Å². The molecule has 0 radical (unpaired) electrons. The minimum atomic E-state index is -4.41. The number of halogens is 4. The van der Waals surface area contributed by atoms with Crippen molar-refractivity contribution in [3.63, 3.8) is 0 Å². The summed E-state index contributed by atoms with van der Waals surface area (Å²) in [6.07, 6.45) is -3.20. The molecular formula is C11H15ClF3N5. The second kappa shape index (κ2) is 5.74. The molecule has 0 unspecified atom stereocenters. The van der Waals surface area contributed by atoms with Crippen LogP contribution in [-0.2, 0) is 26.8 Å². The molecule has 2 aromatic heterocycles. The molecule has 5 nitrogen and oxygen atoms in total. The van der Waals surface area contributed by atoms with Crippen LogP contribution in [0.2, 0.25) is 0 Å². The number of nitrogens with one attached hydrogen (secondary N) is 1. The summed E-state index contributed by atoms with van der Waals surface area (Å²) in [5.74, 6) is 0.539. The molecule has 20 heavy (non-hydrogen) atoms. The molecule has 0 aliphatic heterocycles. The van der Waals surface area contributed by atoms with Crippen molar-refractivity contribution in [2.45, 2.75) is 19.6 Å². The van der Waals surface area contributed by atoms with Crippen molar-refractivity contribution < 1.29 is 13.2 Å². The molecule has 0 spiro atoms. The highest BCUT2D eigenvalue weighted by Gasteiger charge is 2.37. The second-order valence-corrected chi connectivity index (χ2v) is 4.29. The first-order valence-corrected chi connectivity index (χ1v) is 5.61. The van der Waals surface area contributed by atoms with Gasteiger partial charge in [0.1, 0.15) is 11.5 Å². The molecule has 0 atom stereocenters. The van der Waals surface area contributed by atoms with Crippen LogP contribution in [0.1, 0.15) is 17.0 Å². The maximum absolute atomic E-state index is 12.8. The highest BCUT2D eigenvalue weighted by molar-refractivity contribution is 5.85. The SMILES string of the molecule is Cc1cc(NCc2cnn(C)c2C(F)(F)F)nn1C.Cl. The topological polar surface area (TPSA) is 47.7 Å². The number of hydrogen-bond donors (Lipinski definition) is 1. The molecule has 0 fully saturated rings. The van der Waals surface area contributed by atoms with Crippen LogP contribution in [0.4, 0.5) is 19.0 Å². The molecule has 2 heterocycles. The van der Waals surface area contributed by atoms with Crippen LogP contribution in [0, 0.1) is 6.92 Å². The third-order valence-electron chi connectivity index (χ3n) is 2.86. The number of rotatable bonds is 3. The van der Waals surface area contributed by atoms with Gasteiger partial charge >= 0.3 is 6.18 Å². The molecule has 0 saturated carbocycles. The third-order valence-corrected chi connectivity index (χ3v) is 2.86. The summed E-state index contributed by atoms with van der Waals surface area (Å²) in [6.45, 7) is 1.89. The summed E-state index contributed by atoms with van der Waals surface area (Å²) in [5.41, 5.74) is 0.274. The maximum Gasteiger partial charge on any atom is 0.433 e. The third kappa shape index (κ3) is 3.24. The van der Waals surface area contributed by atoms with E-state index in [1.54, 1.807) is 17.8 Å². The van der Waals surface area contributed by atoms with Crippen molar-refractivity contribution in [3.8, 4) is 0 Å². The van der Waals surface area contributed by atoms with Crippen molar-refractivity contribution in [1.29, 1.82) is 0 Å². The molecular weight excluding hydrogens is 295 g/mol. The van der Waals surface area contributed by atoms with E-state index in [9.17, 15) is 13.2 Å². The first-order valence-electron chi connectivity index (χ1n) is 5.61. The van der Waals surface area contributed by atoms with Crippen LogP contribution < -0.4 is 5.32 Å². The van der Waals surface area contributed by atoms with E-state index < -0.39 is 11.9 Å². The Morgan fingerprint density at radius 3 is 2.40 bits per heavy atom. The van der Waals surface area contributed by atoms with E-state index in [2.05, 4.69) is 15.5 Å². The monoisotopic (exact) mass is 309 g/mol. The van der Waals surface area contributed by atoms with Gasteiger partial charge in [0.25, 0.3) is 0 Å². The Bertz CT molecular complexity index is 568. The van der Waals surface area contributed by atoms with Gasteiger partial charge in [0.2, 0.25) is 0 Å². The first-order chi connectivity index (χ1) is 8.79. The fraction of sp³-hybridized carbons (Fsp3) is 0.455. The number of nitrogens with zero attached hydrogens (tertiary/aromatic N) is 4. The van der Waals surface area contributed by atoms with Crippen LogP contribution >= 0.6 is 12.4 Å². The predicted octanol–water partition coefficient (Wildman–Crippen LogP) is 2.51. The number of alkyl halides is 3. The Hall–Kier alpha value is -1.70. The summed E-state index contributed by atoms with van der Waals surface area (Å²) < 4.78 is 41.0. The van der Waals surface area contributed by atoms with Crippen molar-refractivity contribution in [1.82, 2.24) is 19.6 Å². The molecule has 112 valence electrons. The molecule has 1 N–H and O–H groups in total. The zero-order valence-electron chi connectivity index (χ0n) is 11.2. The van der Waals surface area contributed by atoms with E-state index in [-0.39, 0.29) is 24.5 Å². The van der Waals surface area contributed by atoms with Crippen molar-refractivity contribution in [3.05, 3.63) is 29.2 Å². The first kappa shape index (κ1) is 16.4. The zero-order chi connectivity index (χ0) is 14.2. The average Bonchev–Trinajstić information content (AvgIpc) is 2.80. The Labute approximate surface area is 120 Å². The van der Waals surface area contributed by atoms with Crippen molar-refractivity contribution >= 4 is 18.2 Å². The summed E-state index contributed by atoms with van der Waals surface area (Å²) in [5, 5.41) is 10.6. The van der Waals surface area contributed by atoms with Gasteiger partial charge in [-0.2, -0.15) is 23.4 Å². The molecule has 9 heteroatoms. The molecule has 0 aliphatic rings. The minimum Gasteiger partial charge on any atom is -0.364 e. The summed E-state index contributed by atoms with van der Waals surface area (Å²) >= 11 is 0. The number of aromatic nitrogens is 4. The Morgan fingerprint density at radius 2 is 1.90 bits per heavy atom. The molecule has 2 rings (SSSR count). The molecule has 0 saturated heterocycles. The molecule has 2 aromatic rings. The Morgan fingerprint density at radius 1 is 1.25 bits per heavy atom. The molecule has 0 aromatic carbocycles. The van der Waals surface area contributed by atoms with Gasteiger partial charge in [-0.25, -0.2) is 0 Å². The highest BCUT2D eigenvalue weighted by Crippen LogP contribution is 2.31. The summed E-state index contributed by atoms with van der Waals surface area (Å²) in [4.78, 5) is 0. The van der Waals surface area contributed by atoms with Gasteiger partial charge in [-0.05, 0) is 6.92 Å². The molecule has 0 bridgehead atoms. The van der Waals surface area contributed by atoms with Crippen LogP contribution in [0.5, 0.6) is 0 Å². The normalized spacial score (nSPS) is 11.3. The van der Waals surface area contributed by atoms with Crippen molar-refractivity contribution in [2.24, 2.45) is 14.1 Å². The highest BCUT2D eigenvalue weighted by atomic mass is 35.5. The van der Waals surface area contributed by atoms with Gasteiger partial charge in [-0.3, -0.25) is 9.36 Å². The van der Waals surface area contributed by atoms with Crippen LogP contribution in [0.3, 0.4) is 0 Å². The lowest BCUT2D eigenvalue weighted by atomic mass is 10.2. The van der Waals surface area contributed by atoms with Gasteiger partial charge in [0.15, 0.2) is 0 Å². The van der Waals surface area contributed by atoms with E-state index in [0.717, 1.165) is 10.4 Å². The smallest absolute Gasteiger partial charge is 0.364 e. The lowest BCUT2D eigenvalue weighted by Crippen LogP contribution is -2.15. The average molecular weight is 310 g/mol. The largest absolute Gasteiger partial charge is 0.433 e. The molecule has 0 aliphatic carbocycles. The fourth-order valence-electron chi connectivity index (χ4n) is 1.81. The Balaban J connectivity index is 0.00000200. The predicted molar refractivity (Wildman–Crippen MR) is 70.7 cm³/mol. The maximum atomic E-state index is 12.8. The van der Waals surface area contributed by atoms with Gasteiger partial charge in [-0.15, -0.1) is 12.4 Å². The van der Waals surface area contributed by atoms with E-state index >= 15 is 0 Å². The lowest BCUT2D eigenvalue weighted by molar-refractivity contribution is -0.144. The van der Waals surface area contributed by atoms with Gasteiger partial charge in [0.05, 0.1) is 6.20 Å². The Kier molecular flexibility index (Phi) is 4.69. The van der Waals surface area contributed by atoms with Gasteiger partial charge in [0, 0.05) is 38.0 Å². The number of anilines is 1. The van der Waals surface area contributed by atoms with E-state index in [4.69, 9.17) is 0 Å². The fourth-order valence-corrected chi connectivity index (χ4v) is 1.81. The van der Waals surface area contributed by atoms with E-state index in [1.165, 1.54) is 13.2 Å². The van der Waals surface area contributed by atoms with Crippen molar-refractivity contribution in [2.75, 3.05) is 5.32 Å². The quantitative estimate of drug-likeness (QED) is 0.947. The van der Waals surface area contributed by atoms with E-state index in [1.807, 2.05) is 6.92 Å². The summed E-state index contributed by atoms with van der Waals surface area (Å²) in [7, 11) is 3.04. The van der Waals surface area contributed by atoms with Crippen LogP contribution in [0.25, 0.3) is 0 Å². The summed E-state index contributed by atoms with van der Waals surface area (Å²) in [6, 6.07) is 1.77. The second-order valence-electron chi connectivity index (χ2n) is 4.29. The molecule has 0 amide bonds. The van der Waals surface area contributed by atoms with Crippen LogP contribution in [0.15, 0.2) is 12.3 Å². The van der Waals surface area contributed by atoms with E-state index in [0.29, 0.717) is 5.82 Å². The zero-order valence-corrected chi connectivity index (χ0v) is 12.0.